The van der Waals surface area contributed by atoms with E-state index in [1.807, 2.05) is 0 Å². The molecule has 1 nitrogen and oxygen atoms in total. The molecule has 0 bridgehead atoms. The third-order valence-electron chi connectivity index (χ3n) is 3.31. The largest absolute Gasteiger partial charge is 0.378 e. The van der Waals surface area contributed by atoms with Crippen molar-refractivity contribution in [2.45, 2.75) is 43.6 Å². The standard InChI is InChI=1S/C14H17ClF2O/c15-13(6-5-11-3-1-2-8-18-11)12-9-10(16)4-7-14(12)17/h4,7,9,11,13H,1-3,5-6,8H2. The lowest BCUT2D eigenvalue weighted by Crippen LogP contribution is -2.19. The number of hydrogen-bond donors (Lipinski definition) is 0. The van der Waals surface area contributed by atoms with Crippen molar-refractivity contribution in [1.29, 1.82) is 0 Å². The highest BCUT2D eigenvalue weighted by molar-refractivity contribution is 6.20. The summed E-state index contributed by atoms with van der Waals surface area (Å²) in [6.07, 6.45) is 4.94. The molecule has 0 radical (unpaired) electrons. The summed E-state index contributed by atoms with van der Waals surface area (Å²) in [5, 5.41) is -0.494. The molecule has 1 saturated heterocycles. The first-order valence-corrected chi connectivity index (χ1v) is 6.81. The summed E-state index contributed by atoms with van der Waals surface area (Å²) in [6, 6.07) is 3.40. The summed E-state index contributed by atoms with van der Waals surface area (Å²) >= 11 is 6.14. The fourth-order valence-corrected chi connectivity index (χ4v) is 2.57. The first kappa shape index (κ1) is 13.8. The van der Waals surface area contributed by atoms with Crippen LogP contribution in [0.1, 0.15) is 43.0 Å². The van der Waals surface area contributed by atoms with Crippen LogP contribution in [0.15, 0.2) is 18.2 Å². The minimum absolute atomic E-state index is 0.219. The molecule has 1 aromatic carbocycles. The van der Waals surface area contributed by atoms with Crippen molar-refractivity contribution in [3.05, 3.63) is 35.4 Å². The summed E-state index contributed by atoms with van der Waals surface area (Å²) in [4.78, 5) is 0. The van der Waals surface area contributed by atoms with Crippen molar-refractivity contribution in [2.24, 2.45) is 0 Å². The number of rotatable bonds is 4. The molecule has 1 aliphatic rings. The molecule has 1 fully saturated rings. The zero-order chi connectivity index (χ0) is 13.0. The number of ether oxygens (including phenoxy) is 1. The van der Waals surface area contributed by atoms with E-state index >= 15 is 0 Å². The first-order chi connectivity index (χ1) is 8.66. The lowest BCUT2D eigenvalue weighted by molar-refractivity contribution is 0.00997. The molecule has 0 saturated carbocycles. The molecule has 0 N–H and O–H groups in total. The van der Waals surface area contributed by atoms with Gasteiger partial charge in [-0.05, 0) is 50.3 Å². The van der Waals surface area contributed by atoms with Gasteiger partial charge in [-0.1, -0.05) is 0 Å². The summed E-state index contributed by atoms with van der Waals surface area (Å²) < 4.78 is 32.1. The number of hydrogen-bond acceptors (Lipinski definition) is 1. The Labute approximate surface area is 111 Å². The smallest absolute Gasteiger partial charge is 0.128 e. The van der Waals surface area contributed by atoms with Crippen LogP contribution >= 0.6 is 11.6 Å². The Morgan fingerprint density at radius 2 is 2.17 bits per heavy atom. The average molecular weight is 275 g/mol. The summed E-state index contributed by atoms with van der Waals surface area (Å²) in [6.45, 7) is 0.798. The Kier molecular flexibility index (Phi) is 4.95. The molecule has 0 spiro atoms. The Hall–Kier alpha value is -0.670. The van der Waals surface area contributed by atoms with Gasteiger partial charge in [-0.2, -0.15) is 0 Å². The molecular weight excluding hydrogens is 258 g/mol. The highest BCUT2D eigenvalue weighted by Crippen LogP contribution is 2.30. The molecule has 2 rings (SSSR count). The minimum atomic E-state index is -0.494. The molecule has 1 aromatic rings. The molecule has 0 aromatic heterocycles. The van der Waals surface area contributed by atoms with Gasteiger partial charge in [-0.25, -0.2) is 8.78 Å². The molecule has 1 aliphatic heterocycles. The highest BCUT2D eigenvalue weighted by atomic mass is 35.5. The molecule has 18 heavy (non-hydrogen) atoms. The second-order valence-corrected chi connectivity index (χ2v) is 5.23. The van der Waals surface area contributed by atoms with Crippen molar-refractivity contribution in [1.82, 2.24) is 0 Å². The van der Waals surface area contributed by atoms with Crippen molar-refractivity contribution in [2.75, 3.05) is 6.61 Å². The van der Waals surface area contributed by atoms with E-state index in [1.165, 1.54) is 12.5 Å². The first-order valence-electron chi connectivity index (χ1n) is 6.37. The molecule has 0 amide bonds. The lowest BCUT2D eigenvalue weighted by Gasteiger charge is -2.23. The van der Waals surface area contributed by atoms with Gasteiger partial charge in [0.1, 0.15) is 11.6 Å². The van der Waals surface area contributed by atoms with Gasteiger partial charge in [0, 0.05) is 12.2 Å². The van der Waals surface area contributed by atoms with Gasteiger partial charge in [-0.3, -0.25) is 0 Å². The normalized spacial score (nSPS) is 21.8. The van der Waals surface area contributed by atoms with Crippen molar-refractivity contribution in [3.8, 4) is 0 Å². The van der Waals surface area contributed by atoms with E-state index in [0.29, 0.717) is 6.42 Å². The van der Waals surface area contributed by atoms with E-state index in [-0.39, 0.29) is 11.7 Å². The van der Waals surface area contributed by atoms with Gasteiger partial charge >= 0.3 is 0 Å². The Balaban J connectivity index is 1.90. The Morgan fingerprint density at radius 3 is 2.89 bits per heavy atom. The van der Waals surface area contributed by atoms with Gasteiger partial charge in [-0.15, -0.1) is 11.6 Å². The monoisotopic (exact) mass is 274 g/mol. The highest BCUT2D eigenvalue weighted by Gasteiger charge is 2.18. The predicted molar refractivity (Wildman–Crippen MR) is 67.8 cm³/mol. The van der Waals surface area contributed by atoms with Crippen molar-refractivity contribution < 1.29 is 13.5 Å². The Morgan fingerprint density at radius 1 is 1.33 bits per heavy atom. The fourth-order valence-electron chi connectivity index (χ4n) is 2.28. The summed E-state index contributed by atoms with van der Waals surface area (Å²) in [5.74, 6) is -0.896. The minimum Gasteiger partial charge on any atom is -0.378 e. The topological polar surface area (TPSA) is 9.23 Å². The second kappa shape index (κ2) is 6.48. The maximum atomic E-state index is 13.5. The number of alkyl halides is 1. The lowest BCUT2D eigenvalue weighted by atomic mass is 10.0. The average Bonchev–Trinajstić information content (AvgIpc) is 2.40. The van der Waals surface area contributed by atoms with Crippen LogP contribution < -0.4 is 0 Å². The molecule has 2 unspecified atom stereocenters. The van der Waals surface area contributed by atoms with Gasteiger partial charge in [0.2, 0.25) is 0 Å². The van der Waals surface area contributed by atoms with E-state index < -0.39 is 17.0 Å². The molecular formula is C14H17ClF2O. The fraction of sp³-hybridized carbons (Fsp3) is 0.571. The summed E-state index contributed by atoms with van der Waals surface area (Å²) in [5.41, 5.74) is 0.243. The maximum Gasteiger partial charge on any atom is 0.128 e. The van der Waals surface area contributed by atoms with Gasteiger partial charge in [0.05, 0.1) is 11.5 Å². The van der Waals surface area contributed by atoms with Gasteiger partial charge in [0.15, 0.2) is 0 Å². The van der Waals surface area contributed by atoms with Crippen LogP contribution in [0, 0.1) is 11.6 Å². The molecule has 100 valence electrons. The van der Waals surface area contributed by atoms with Crippen LogP contribution in [-0.2, 0) is 4.74 Å². The van der Waals surface area contributed by atoms with Gasteiger partial charge < -0.3 is 4.74 Å². The zero-order valence-corrected chi connectivity index (χ0v) is 10.9. The van der Waals surface area contributed by atoms with Crippen LogP contribution in [0.3, 0.4) is 0 Å². The quantitative estimate of drug-likeness (QED) is 0.730. The van der Waals surface area contributed by atoms with Crippen LogP contribution in [0.25, 0.3) is 0 Å². The number of benzene rings is 1. The van der Waals surface area contributed by atoms with Crippen molar-refractivity contribution in [3.63, 3.8) is 0 Å². The van der Waals surface area contributed by atoms with E-state index in [0.717, 1.165) is 38.0 Å². The third kappa shape index (κ3) is 3.66. The van der Waals surface area contributed by atoms with Crippen molar-refractivity contribution >= 4 is 11.6 Å². The van der Waals surface area contributed by atoms with Crippen LogP contribution in [-0.4, -0.2) is 12.7 Å². The Bertz CT molecular complexity index is 391. The summed E-state index contributed by atoms with van der Waals surface area (Å²) in [7, 11) is 0. The van der Waals surface area contributed by atoms with E-state index in [9.17, 15) is 8.78 Å². The van der Waals surface area contributed by atoms with E-state index in [2.05, 4.69) is 0 Å². The van der Waals surface area contributed by atoms with Gasteiger partial charge in [0.25, 0.3) is 0 Å². The zero-order valence-electron chi connectivity index (χ0n) is 10.2. The van der Waals surface area contributed by atoms with Crippen LogP contribution in [0.2, 0.25) is 0 Å². The molecule has 0 aliphatic carbocycles. The van der Waals surface area contributed by atoms with E-state index in [4.69, 9.17) is 16.3 Å². The predicted octanol–water partition coefficient (Wildman–Crippen LogP) is 4.59. The SMILES string of the molecule is Fc1ccc(F)c(C(Cl)CCC2CCCCO2)c1. The van der Waals surface area contributed by atoms with Crippen LogP contribution in [0.5, 0.6) is 0 Å². The van der Waals surface area contributed by atoms with E-state index in [1.54, 1.807) is 0 Å². The second-order valence-electron chi connectivity index (χ2n) is 4.70. The molecule has 4 heteroatoms. The maximum absolute atomic E-state index is 13.5. The molecule has 2 atom stereocenters. The third-order valence-corrected chi connectivity index (χ3v) is 3.76. The number of halogens is 3. The molecule has 1 heterocycles. The van der Waals surface area contributed by atoms with Crippen LogP contribution in [0.4, 0.5) is 8.78 Å².